The van der Waals surface area contributed by atoms with Gasteiger partial charge in [0.15, 0.2) is 17.5 Å². The minimum Gasteiger partial charge on any atom is -0.462 e. The Morgan fingerprint density at radius 2 is 1.92 bits per heavy atom. The van der Waals surface area contributed by atoms with Gasteiger partial charge in [-0.3, -0.25) is 4.79 Å². The topological polar surface area (TPSA) is 60.8 Å². The largest absolute Gasteiger partial charge is 0.462 e. The van der Waals surface area contributed by atoms with Crippen molar-refractivity contribution in [3.05, 3.63) is 39.4 Å². The van der Waals surface area contributed by atoms with Crippen LogP contribution in [0.3, 0.4) is 0 Å². The molecule has 1 fully saturated rings. The van der Waals surface area contributed by atoms with Crippen molar-refractivity contribution in [1.29, 1.82) is 0 Å². The van der Waals surface area contributed by atoms with Crippen molar-refractivity contribution in [2.45, 2.75) is 13.0 Å². The second kappa shape index (κ2) is 6.64. The monoisotopic (exact) mass is 370 g/mol. The van der Waals surface area contributed by atoms with Gasteiger partial charge in [-0.1, -0.05) is 0 Å². The lowest BCUT2D eigenvalue weighted by Gasteiger charge is -2.31. The molecule has 3 rings (SSSR count). The Kier molecular flexibility index (Phi) is 4.66. The molecule has 0 unspecified atom stereocenters. The first-order chi connectivity index (χ1) is 12.3. The third-order valence-corrected chi connectivity index (χ3v) is 4.23. The summed E-state index contributed by atoms with van der Waals surface area (Å²) in [7, 11) is 2.78. The predicted octanol–water partition coefficient (Wildman–Crippen LogP) is 2.23. The summed E-state index contributed by atoms with van der Waals surface area (Å²) in [4.78, 5) is 26.2. The van der Waals surface area contributed by atoms with Gasteiger partial charge >= 0.3 is 5.97 Å². The molecule has 2 aromatic rings. The van der Waals surface area contributed by atoms with E-state index in [1.807, 2.05) is 0 Å². The van der Waals surface area contributed by atoms with Gasteiger partial charge in [0.25, 0.3) is 0 Å². The molecule has 0 aliphatic carbocycles. The van der Waals surface area contributed by atoms with E-state index in [0.717, 1.165) is 11.1 Å². The fourth-order valence-electron chi connectivity index (χ4n) is 2.94. The molecule has 1 saturated heterocycles. The molecular weight excluding hydrogens is 353 g/mol. The number of rotatable bonds is 4. The number of fused-ring (bicyclic) bond motifs is 1. The number of nitrogens with zero attached hydrogens (tertiary/aromatic N) is 2. The number of hydrogen-bond donors (Lipinski definition) is 0. The summed E-state index contributed by atoms with van der Waals surface area (Å²) in [5.74, 6) is -5.57. The van der Waals surface area contributed by atoms with Crippen LogP contribution in [-0.4, -0.2) is 44.5 Å². The van der Waals surface area contributed by atoms with E-state index < -0.39 is 51.5 Å². The Morgan fingerprint density at radius 3 is 2.42 bits per heavy atom. The summed E-state index contributed by atoms with van der Waals surface area (Å²) in [5.41, 5.74) is -2.13. The Balaban J connectivity index is 2.50. The molecule has 0 N–H and O–H groups in total. The molecule has 0 bridgehead atoms. The van der Waals surface area contributed by atoms with E-state index in [4.69, 9.17) is 9.47 Å². The third kappa shape index (κ3) is 2.63. The number of carbonyl (C=O) groups is 1. The molecule has 0 radical (unpaired) electrons. The van der Waals surface area contributed by atoms with Crippen LogP contribution < -0.4 is 10.3 Å². The van der Waals surface area contributed by atoms with Crippen LogP contribution in [0.2, 0.25) is 0 Å². The standard InChI is InChI=1S/C17H17F3N2O4/c1-4-26-17(24)9-5-22(8-6-25-7-8)15-10(16(9)23)14(21(2)3)12(19)11(18)13(15)20/h5,8H,4,6-7H2,1-3H3. The highest BCUT2D eigenvalue weighted by molar-refractivity contribution is 5.99. The number of aromatic nitrogens is 1. The SMILES string of the molecule is CCOC(=O)c1cn(C2COC2)c2c(F)c(F)c(F)c(N(C)C)c2c1=O. The van der Waals surface area contributed by atoms with Crippen LogP contribution in [0.5, 0.6) is 0 Å². The summed E-state index contributed by atoms with van der Waals surface area (Å²) in [5, 5.41) is -0.413. The fraction of sp³-hybridized carbons (Fsp3) is 0.412. The van der Waals surface area contributed by atoms with Crippen molar-refractivity contribution in [2.75, 3.05) is 38.8 Å². The smallest absolute Gasteiger partial charge is 0.343 e. The Bertz CT molecular complexity index is 952. The second-order valence-electron chi connectivity index (χ2n) is 6.10. The van der Waals surface area contributed by atoms with Crippen molar-refractivity contribution < 1.29 is 27.4 Å². The minimum absolute atomic E-state index is 0.0233. The molecule has 0 atom stereocenters. The highest BCUT2D eigenvalue weighted by Gasteiger charge is 2.31. The van der Waals surface area contributed by atoms with E-state index in [0.29, 0.717) is 0 Å². The van der Waals surface area contributed by atoms with Gasteiger partial charge in [0.2, 0.25) is 5.43 Å². The van der Waals surface area contributed by atoms with E-state index in [-0.39, 0.29) is 25.4 Å². The number of pyridine rings is 1. The number of halogens is 3. The lowest BCUT2D eigenvalue weighted by Crippen LogP contribution is -2.34. The van der Waals surface area contributed by atoms with Crippen LogP contribution in [0, 0.1) is 17.5 Å². The second-order valence-corrected chi connectivity index (χ2v) is 6.10. The maximum absolute atomic E-state index is 14.6. The Morgan fingerprint density at radius 1 is 1.27 bits per heavy atom. The normalized spacial score (nSPS) is 14.4. The highest BCUT2D eigenvalue weighted by atomic mass is 19.2. The summed E-state index contributed by atoms with van der Waals surface area (Å²) >= 11 is 0. The van der Waals surface area contributed by atoms with Gasteiger partial charge in [-0.15, -0.1) is 0 Å². The summed E-state index contributed by atoms with van der Waals surface area (Å²) in [6.45, 7) is 1.97. The molecule has 1 aromatic carbocycles. The van der Waals surface area contributed by atoms with E-state index >= 15 is 0 Å². The maximum atomic E-state index is 14.6. The van der Waals surface area contributed by atoms with E-state index in [9.17, 15) is 22.8 Å². The van der Waals surface area contributed by atoms with Crippen LogP contribution in [0.4, 0.5) is 18.9 Å². The third-order valence-electron chi connectivity index (χ3n) is 4.23. The zero-order valence-corrected chi connectivity index (χ0v) is 14.4. The van der Waals surface area contributed by atoms with Gasteiger partial charge in [-0.05, 0) is 6.92 Å². The van der Waals surface area contributed by atoms with Crippen LogP contribution in [-0.2, 0) is 9.47 Å². The van der Waals surface area contributed by atoms with E-state index in [2.05, 4.69) is 0 Å². The molecule has 6 nitrogen and oxygen atoms in total. The lowest BCUT2D eigenvalue weighted by atomic mass is 10.1. The molecule has 0 amide bonds. The number of benzene rings is 1. The van der Waals surface area contributed by atoms with Gasteiger partial charge < -0.3 is 18.9 Å². The number of anilines is 1. The summed E-state index contributed by atoms with van der Waals surface area (Å²) in [6.07, 6.45) is 1.12. The van der Waals surface area contributed by atoms with Crippen molar-refractivity contribution >= 4 is 22.6 Å². The quantitative estimate of drug-likeness (QED) is 0.610. The fourth-order valence-corrected chi connectivity index (χ4v) is 2.94. The van der Waals surface area contributed by atoms with Gasteiger partial charge in [-0.2, -0.15) is 0 Å². The lowest BCUT2D eigenvalue weighted by molar-refractivity contribution is -0.0219. The molecule has 2 heterocycles. The van der Waals surface area contributed by atoms with Crippen LogP contribution in [0.1, 0.15) is 23.3 Å². The molecule has 26 heavy (non-hydrogen) atoms. The van der Waals surface area contributed by atoms with E-state index in [1.165, 1.54) is 18.7 Å². The molecule has 9 heteroatoms. The van der Waals surface area contributed by atoms with Crippen molar-refractivity contribution in [2.24, 2.45) is 0 Å². The van der Waals surface area contributed by atoms with Crippen molar-refractivity contribution in [1.82, 2.24) is 4.57 Å². The highest BCUT2D eigenvalue weighted by Crippen LogP contribution is 2.34. The molecule has 0 spiro atoms. The summed E-state index contributed by atoms with van der Waals surface area (Å²) in [6, 6.07) is -0.416. The molecular formula is C17H17F3N2O4. The number of hydrogen-bond acceptors (Lipinski definition) is 5. The van der Waals surface area contributed by atoms with Gasteiger partial charge in [0.1, 0.15) is 5.56 Å². The number of esters is 1. The molecule has 0 saturated carbocycles. The van der Waals surface area contributed by atoms with Crippen molar-refractivity contribution in [3.63, 3.8) is 0 Å². The van der Waals surface area contributed by atoms with E-state index in [1.54, 1.807) is 6.92 Å². The van der Waals surface area contributed by atoms with Crippen molar-refractivity contribution in [3.8, 4) is 0 Å². The number of carbonyl (C=O) groups excluding carboxylic acids is 1. The predicted molar refractivity (Wildman–Crippen MR) is 88.2 cm³/mol. The van der Waals surface area contributed by atoms with Gasteiger partial charge in [-0.25, -0.2) is 18.0 Å². The zero-order chi connectivity index (χ0) is 19.2. The van der Waals surface area contributed by atoms with Crippen LogP contribution in [0.25, 0.3) is 10.9 Å². The molecule has 1 aliphatic heterocycles. The first-order valence-electron chi connectivity index (χ1n) is 7.97. The van der Waals surface area contributed by atoms with Gasteiger partial charge in [0.05, 0.1) is 42.5 Å². The Labute approximate surface area is 146 Å². The minimum atomic E-state index is -1.68. The van der Waals surface area contributed by atoms with Crippen LogP contribution in [0.15, 0.2) is 11.0 Å². The average molecular weight is 370 g/mol. The average Bonchev–Trinajstić information content (AvgIpc) is 2.53. The first-order valence-corrected chi connectivity index (χ1v) is 7.97. The number of ether oxygens (including phenoxy) is 2. The molecule has 1 aromatic heterocycles. The van der Waals surface area contributed by atoms with Crippen LogP contribution >= 0.6 is 0 Å². The summed E-state index contributed by atoms with van der Waals surface area (Å²) < 4.78 is 54.3. The first kappa shape index (κ1) is 18.2. The maximum Gasteiger partial charge on any atom is 0.343 e. The zero-order valence-electron chi connectivity index (χ0n) is 14.4. The molecule has 1 aliphatic rings. The molecule has 140 valence electrons. The van der Waals surface area contributed by atoms with Gasteiger partial charge in [0, 0.05) is 20.3 Å². The Hall–Kier alpha value is -2.55.